The van der Waals surface area contributed by atoms with E-state index in [0.717, 1.165) is 16.9 Å². The lowest BCUT2D eigenvalue weighted by Gasteiger charge is -2.13. The monoisotopic (exact) mass is 262 g/mol. The van der Waals surface area contributed by atoms with Crippen LogP contribution in [-0.4, -0.2) is 11.6 Å². The summed E-state index contributed by atoms with van der Waals surface area (Å²) in [5.74, 6) is 0.760. The van der Waals surface area contributed by atoms with Gasteiger partial charge in [-0.3, -0.25) is 4.98 Å². The van der Waals surface area contributed by atoms with Gasteiger partial charge in [-0.1, -0.05) is 17.7 Å². The number of ether oxygens (including phenoxy) is 1. The standard InChI is InChI=1S/C14H15ClN2O/c1-10-6-11(8-17-7-10)14(16)9-18-13-4-2-12(15)3-5-13/h2-8,14H,9,16H2,1H3. The van der Waals surface area contributed by atoms with Crippen LogP contribution in [0, 0.1) is 6.92 Å². The number of pyridine rings is 1. The number of aromatic nitrogens is 1. The van der Waals surface area contributed by atoms with Gasteiger partial charge in [-0.15, -0.1) is 0 Å². The van der Waals surface area contributed by atoms with E-state index >= 15 is 0 Å². The molecule has 3 nitrogen and oxygen atoms in total. The van der Waals surface area contributed by atoms with Crippen LogP contribution in [0.1, 0.15) is 17.2 Å². The average Bonchev–Trinajstić information content (AvgIpc) is 2.38. The maximum absolute atomic E-state index is 6.05. The van der Waals surface area contributed by atoms with Crippen molar-refractivity contribution in [3.63, 3.8) is 0 Å². The zero-order chi connectivity index (χ0) is 13.0. The molecule has 4 heteroatoms. The Hall–Kier alpha value is -1.58. The first kappa shape index (κ1) is 12.9. The summed E-state index contributed by atoms with van der Waals surface area (Å²) in [6.45, 7) is 2.40. The van der Waals surface area contributed by atoms with Gasteiger partial charge in [0.25, 0.3) is 0 Å². The molecule has 1 aromatic carbocycles. The minimum atomic E-state index is -0.187. The SMILES string of the molecule is Cc1cncc(C(N)COc2ccc(Cl)cc2)c1. The van der Waals surface area contributed by atoms with Crippen LogP contribution >= 0.6 is 11.6 Å². The Labute approximate surface area is 112 Å². The predicted molar refractivity (Wildman–Crippen MR) is 72.8 cm³/mol. The summed E-state index contributed by atoms with van der Waals surface area (Å²) in [7, 11) is 0. The molecule has 2 aromatic rings. The third-order valence-corrected chi connectivity index (χ3v) is 2.82. The van der Waals surface area contributed by atoms with E-state index in [9.17, 15) is 0 Å². The Morgan fingerprint density at radius 3 is 2.67 bits per heavy atom. The molecule has 94 valence electrons. The van der Waals surface area contributed by atoms with E-state index in [1.807, 2.05) is 25.1 Å². The van der Waals surface area contributed by atoms with E-state index < -0.39 is 0 Å². The highest BCUT2D eigenvalue weighted by Crippen LogP contribution is 2.17. The smallest absolute Gasteiger partial charge is 0.119 e. The molecule has 0 saturated carbocycles. The molecule has 1 aromatic heterocycles. The lowest BCUT2D eigenvalue weighted by Crippen LogP contribution is -2.19. The average molecular weight is 263 g/mol. The lowest BCUT2D eigenvalue weighted by atomic mass is 10.1. The van der Waals surface area contributed by atoms with Gasteiger partial charge in [0.05, 0.1) is 6.04 Å². The van der Waals surface area contributed by atoms with Crippen molar-refractivity contribution >= 4 is 11.6 Å². The molecule has 0 amide bonds. The highest BCUT2D eigenvalue weighted by atomic mass is 35.5. The fraction of sp³-hybridized carbons (Fsp3) is 0.214. The number of hydrogen-bond acceptors (Lipinski definition) is 3. The van der Waals surface area contributed by atoms with Crippen molar-refractivity contribution in [1.82, 2.24) is 4.98 Å². The van der Waals surface area contributed by atoms with Crippen LogP contribution in [0.15, 0.2) is 42.7 Å². The van der Waals surface area contributed by atoms with Crippen LogP contribution in [0.25, 0.3) is 0 Å². The maximum Gasteiger partial charge on any atom is 0.119 e. The van der Waals surface area contributed by atoms with Gasteiger partial charge in [0, 0.05) is 17.4 Å². The van der Waals surface area contributed by atoms with Crippen molar-refractivity contribution in [1.29, 1.82) is 0 Å². The molecule has 0 radical (unpaired) electrons. The van der Waals surface area contributed by atoms with Crippen molar-refractivity contribution in [2.45, 2.75) is 13.0 Å². The second-order valence-electron chi connectivity index (χ2n) is 4.17. The first-order valence-electron chi connectivity index (χ1n) is 5.70. The number of rotatable bonds is 4. The maximum atomic E-state index is 6.05. The third kappa shape index (κ3) is 3.45. The van der Waals surface area contributed by atoms with Gasteiger partial charge in [-0.25, -0.2) is 0 Å². The van der Waals surface area contributed by atoms with Crippen LogP contribution in [0.4, 0.5) is 0 Å². The Bertz CT molecular complexity index is 513. The lowest BCUT2D eigenvalue weighted by molar-refractivity contribution is 0.290. The van der Waals surface area contributed by atoms with E-state index in [0.29, 0.717) is 11.6 Å². The first-order valence-corrected chi connectivity index (χ1v) is 6.08. The molecule has 0 aliphatic heterocycles. The largest absolute Gasteiger partial charge is 0.492 e. The van der Waals surface area contributed by atoms with Gasteiger partial charge in [0.2, 0.25) is 0 Å². The third-order valence-electron chi connectivity index (χ3n) is 2.57. The molecule has 1 heterocycles. The topological polar surface area (TPSA) is 48.1 Å². The summed E-state index contributed by atoms with van der Waals surface area (Å²) in [5.41, 5.74) is 8.12. The zero-order valence-corrected chi connectivity index (χ0v) is 10.9. The molecule has 18 heavy (non-hydrogen) atoms. The van der Waals surface area contributed by atoms with Crippen LogP contribution in [-0.2, 0) is 0 Å². The van der Waals surface area contributed by atoms with Gasteiger partial charge in [-0.2, -0.15) is 0 Å². The Balaban J connectivity index is 1.96. The molecule has 0 saturated heterocycles. The predicted octanol–water partition coefficient (Wildman–Crippen LogP) is 3.12. The van der Waals surface area contributed by atoms with E-state index in [1.54, 1.807) is 24.5 Å². The van der Waals surface area contributed by atoms with Gasteiger partial charge in [0.15, 0.2) is 0 Å². The van der Waals surface area contributed by atoms with Crippen molar-refractivity contribution in [2.75, 3.05) is 6.61 Å². The summed E-state index contributed by atoms with van der Waals surface area (Å²) < 4.78 is 5.61. The summed E-state index contributed by atoms with van der Waals surface area (Å²) in [4.78, 5) is 4.12. The second kappa shape index (κ2) is 5.85. The Kier molecular flexibility index (Phi) is 4.18. The molecular weight excluding hydrogens is 248 g/mol. The van der Waals surface area contributed by atoms with Crippen molar-refractivity contribution < 1.29 is 4.74 Å². The van der Waals surface area contributed by atoms with Gasteiger partial charge < -0.3 is 10.5 Å². The summed E-state index contributed by atoms with van der Waals surface area (Å²) in [5, 5.41) is 0.689. The van der Waals surface area contributed by atoms with Crippen LogP contribution in [0.2, 0.25) is 5.02 Å². The highest BCUT2D eigenvalue weighted by molar-refractivity contribution is 6.30. The molecule has 0 fully saturated rings. The van der Waals surface area contributed by atoms with Gasteiger partial charge in [-0.05, 0) is 42.3 Å². The van der Waals surface area contributed by atoms with E-state index in [4.69, 9.17) is 22.1 Å². The van der Waals surface area contributed by atoms with Crippen molar-refractivity contribution in [2.24, 2.45) is 5.73 Å². The van der Waals surface area contributed by atoms with E-state index in [1.165, 1.54) is 0 Å². The molecule has 1 unspecified atom stereocenters. The molecule has 2 rings (SSSR count). The van der Waals surface area contributed by atoms with E-state index in [-0.39, 0.29) is 6.04 Å². The number of hydrogen-bond donors (Lipinski definition) is 1. The fourth-order valence-corrected chi connectivity index (χ4v) is 1.72. The van der Waals surface area contributed by atoms with Crippen molar-refractivity contribution in [3.8, 4) is 5.75 Å². The zero-order valence-electron chi connectivity index (χ0n) is 10.1. The molecule has 0 aliphatic carbocycles. The van der Waals surface area contributed by atoms with Crippen molar-refractivity contribution in [3.05, 3.63) is 58.9 Å². The van der Waals surface area contributed by atoms with Crippen LogP contribution in [0.3, 0.4) is 0 Å². The number of halogens is 1. The minimum Gasteiger partial charge on any atom is -0.492 e. The second-order valence-corrected chi connectivity index (χ2v) is 4.60. The number of benzene rings is 1. The number of nitrogens with two attached hydrogens (primary N) is 1. The van der Waals surface area contributed by atoms with E-state index in [2.05, 4.69) is 4.98 Å². The van der Waals surface area contributed by atoms with Crippen LogP contribution in [0.5, 0.6) is 5.75 Å². The summed E-state index contributed by atoms with van der Waals surface area (Å²) in [6, 6.07) is 9.05. The highest BCUT2D eigenvalue weighted by Gasteiger charge is 2.07. The molecule has 1 atom stereocenters. The quantitative estimate of drug-likeness (QED) is 0.921. The number of aryl methyl sites for hydroxylation is 1. The summed E-state index contributed by atoms with van der Waals surface area (Å²) in [6.07, 6.45) is 3.57. The Morgan fingerprint density at radius 1 is 1.28 bits per heavy atom. The number of nitrogens with zero attached hydrogens (tertiary/aromatic N) is 1. The normalized spacial score (nSPS) is 12.2. The minimum absolute atomic E-state index is 0.187. The first-order chi connectivity index (χ1) is 8.65. The molecule has 0 aliphatic rings. The van der Waals surface area contributed by atoms with Gasteiger partial charge in [0.1, 0.15) is 12.4 Å². The van der Waals surface area contributed by atoms with Crippen LogP contribution < -0.4 is 10.5 Å². The van der Waals surface area contributed by atoms with Gasteiger partial charge >= 0.3 is 0 Å². The summed E-state index contributed by atoms with van der Waals surface area (Å²) >= 11 is 5.80. The molecule has 2 N–H and O–H groups in total. The Morgan fingerprint density at radius 2 is 2.00 bits per heavy atom. The molecule has 0 bridgehead atoms. The molecular formula is C14H15ClN2O. The fourth-order valence-electron chi connectivity index (χ4n) is 1.59. The molecule has 0 spiro atoms.